The van der Waals surface area contributed by atoms with E-state index in [2.05, 4.69) is 10.3 Å². The fourth-order valence-corrected chi connectivity index (χ4v) is 3.95. The third kappa shape index (κ3) is 2.40. The molecule has 120 valence electrons. The quantitative estimate of drug-likeness (QED) is 0.938. The van der Waals surface area contributed by atoms with Crippen molar-refractivity contribution in [2.75, 3.05) is 20.3 Å². The summed E-state index contributed by atoms with van der Waals surface area (Å²) in [6.45, 7) is 1.39. The summed E-state index contributed by atoms with van der Waals surface area (Å²) in [7, 11) is 1.69. The van der Waals surface area contributed by atoms with Crippen LogP contribution >= 0.6 is 0 Å². The SMILES string of the molecule is COC[C@H]1[C@@H](NC(=O)c2cccc3cccnc23)[C@H]2CCO[C@H]21. The summed E-state index contributed by atoms with van der Waals surface area (Å²) in [4.78, 5) is 17.1. The second-order valence-corrected chi connectivity index (χ2v) is 6.29. The van der Waals surface area contributed by atoms with Gasteiger partial charge in [0, 0.05) is 43.2 Å². The predicted octanol–water partition coefficient (Wildman–Crippen LogP) is 2.01. The van der Waals surface area contributed by atoms with Crippen molar-refractivity contribution in [3.05, 3.63) is 42.1 Å². The maximum absolute atomic E-state index is 12.8. The van der Waals surface area contributed by atoms with Crippen LogP contribution < -0.4 is 5.32 Å². The molecule has 5 nitrogen and oxygen atoms in total. The minimum Gasteiger partial charge on any atom is -0.384 e. The highest BCUT2D eigenvalue weighted by molar-refractivity contribution is 6.05. The molecule has 1 aromatic carbocycles. The molecule has 1 saturated carbocycles. The van der Waals surface area contributed by atoms with Gasteiger partial charge in [0.2, 0.25) is 0 Å². The van der Waals surface area contributed by atoms with E-state index in [-0.39, 0.29) is 24.0 Å². The number of nitrogens with one attached hydrogen (secondary N) is 1. The number of amides is 1. The van der Waals surface area contributed by atoms with Crippen molar-refractivity contribution in [3.63, 3.8) is 0 Å². The summed E-state index contributed by atoms with van der Waals surface area (Å²) in [6.07, 6.45) is 2.95. The highest BCUT2D eigenvalue weighted by Gasteiger charge is 2.54. The van der Waals surface area contributed by atoms with Crippen molar-refractivity contribution in [2.24, 2.45) is 11.8 Å². The Morgan fingerprint density at radius 3 is 3.13 bits per heavy atom. The Morgan fingerprint density at radius 2 is 2.26 bits per heavy atom. The Morgan fingerprint density at radius 1 is 1.39 bits per heavy atom. The molecule has 5 heteroatoms. The number of rotatable bonds is 4. The van der Waals surface area contributed by atoms with Gasteiger partial charge in [0.25, 0.3) is 5.91 Å². The van der Waals surface area contributed by atoms with Gasteiger partial charge in [0.1, 0.15) is 0 Å². The number of para-hydroxylation sites is 1. The van der Waals surface area contributed by atoms with Gasteiger partial charge < -0.3 is 14.8 Å². The largest absolute Gasteiger partial charge is 0.384 e. The van der Waals surface area contributed by atoms with Crippen LogP contribution in [0.2, 0.25) is 0 Å². The zero-order valence-electron chi connectivity index (χ0n) is 13.1. The van der Waals surface area contributed by atoms with E-state index in [1.807, 2.05) is 30.3 Å². The Hall–Kier alpha value is -1.98. The van der Waals surface area contributed by atoms with Gasteiger partial charge in [-0.15, -0.1) is 0 Å². The molecule has 2 aliphatic rings. The molecule has 4 atom stereocenters. The predicted molar refractivity (Wildman–Crippen MR) is 86.2 cm³/mol. The molecule has 1 saturated heterocycles. The molecule has 1 aliphatic carbocycles. The van der Waals surface area contributed by atoms with Gasteiger partial charge in [-0.2, -0.15) is 0 Å². The molecule has 2 heterocycles. The van der Waals surface area contributed by atoms with Gasteiger partial charge in [-0.05, 0) is 18.6 Å². The average Bonchev–Trinajstić information content (AvgIpc) is 3.01. The minimum atomic E-state index is -0.0641. The van der Waals surface area contributed by atoms with Crippen LogP contribution in [-0.4, -0.2) is 43.4 Å². The summed E-state index contributed by atoms with van der Waals surface area (Å²) >= 11 is 0. The lowest BCUT2D eigenvalue weighted by Gasteiger charge is -2.47. The lowest BCUT2D eigenvalue weighted by Crippen LogP contribution is -2.62. The second-order valence-electron chi connectivity index (χ2n) is 6.29. The Labute approximate surface area is 135 Å². The number of hydrogen-bond donors (Lipinski definition) is 1. The Kier molecular flexibility index (Phi) is 3.75. The van der Waals surface area contributed by atoms with Gasteiger partial charge in [0.15, 0.2) is 0 Å². The summed E-state index contributed by atoms with van der Waals surface area (Å²) in [6, 6.07) is 9.67. The molecule has 23 heavy (non-hydrogen) atoms. The van der Waals surface area contributed by atoms with Crippen molar-refractivity contribution in [2.45, 2.75) is 18.6 Å². The number of benzene rings is 1. The molecule has 2 fully saturated rings. The van der Waals surface area contributed by atoms with Crippen LogP contribution in [0.3, 0.4) is 0 Å². The number of methoxy groups -OCH3 is 1. The monoisotopic (exact) mass is 312 g/mol. The van der Waals surface area contributed by atoms with Gasteiger partial charge in [0.05, 0.1) is 23.8 Å². The molecule has 2 aromatic rings. The molecule has 1 aromatic heterocycles. The van der Waals surface area contributed by atoms with Crippen LogP contribution in [0.1, 0.15) is 16.8 Å². The molecular formula is C18H20N2O3. The smallest absolute Gasteiger partial charge is 0.253 e. The number of hydrogen-bond acceptors (Lipinski definition) is 4. The molecule has 1 N–H and O–H groups in total. The van der Waals surface area contributed by atoms with Crippen LogP contribution in [0, 0.1) is 11.8 Å². The lowest BCUT2D eigenvalue weighted by molar-refractivity contribution is -0.0809. The maximum Gasteiger partial charge on any atom is 0.253 e. The highest BCUT2D eigenvalue weighted by Crippen LogP contribution is 2.43. The third-order valence-electron chi connectivity index (χ3n) is 5.06. The number of carbonyl (C=O) groups excluding carboxylic acids is 1. The van der Waals surface area contributed by atoms with E-state index >= 15 is 0 Å². The van der Waals surface area contributed by atoms with E-state index in [1.54, 1.807) is 13.3 Å². The van der Waals surface area contributed by atoms with Gasteiger partial charge in [-0.25, -0.2) is 0 Å². The Bertz CT molecular complexity index is 728. The first-order valence-corrected chi connectivity index (χ1v) is 8.05. The number of carbonyl (C=O) groups is 1. The molecule has 0 bridgehead atoms. The van der Waals surface area contributed by atoms with Crippen LogP contribution in [0.4, 0.5) is 0 Å². The van der Waals surface area contributed by atoms with E-state index in [9.17, 15) is 4.79 Å². The van der Waals surface area contributed by atoms with Crippen molar-refractivity contribution in [1.82, 2.24) is 10.3 Å². The maximum atomic E-state index is 12.8. The fraction of sp³-hybridized carbons (Fsp3) is 0.444. The number of aromatic nitrogens is 1. The summed E-state index contributed by atoms with van der Waals surface area (Å²) in [5.74, 6) is 0.576. The van der Waals surface area contributed by atoms with Gasteiger partial charge in [-0.3, -0.25) is 9.78 Å². The van der Waals surface area contributed by atoms with Crippen LogP contribution in [0.15, 0.2) is 36.5 Å². The standard InChI is InChI=1S/C18H20N2O3/c1-22-10-14-16(12-7-9-23-17(12)14)20-18(21)13-6-2-4-11-5-3-8-19-15(11)13/h2-6,8,12,14,16-17H,7,9-10H2,1H3,(H,20,21)/t12-,14+,16+,17-/m1/s1. The van der Waals surface area contributed by atoms with Crippen LogP contribution in [-0.2, 0) is 9.47 Å². The van der Waals surface area contributed by atoms with E-state index in [1.165, 1.54) is 0 Å². The number of ether oxygens (including phenoxy) is 2. The van der Waals surface area contributed by atoms with Crippen molar-refractivity contribution >= 4 is 16.8 Å². The van der Waals surface area contributed by atoms with E-state index in [0.29, 0.717) is 18.1 Å². The summed E-state index contributed by atoms with van der Waals surface area (Å²) in [5.41, 5.74) is 1.37. The summed E-state index contributed by atoms with van der Waals surface area (Å²) < 4.78 is 11.1. The highest BCUT2D eigenvalue weighted by atomic mass is 16.5. The Balaban J connectivity index is 1.57. The molecule has 1 aliphatic heterocycles. The van der Waals surface area contributed by atoms with E-state index in [0.717, 1.165) is 23.9 Å². The molecule has 4 rings (SSSR count). The molecule has 0 unspecified atom stereocenters. The van der Waals surface area contributed by atoms with Gasteiger partial charge in [-0.1, -0.05) is 18.2 Å². The minimum absolute atomic E-state index is 0.0641. The number of fused-ring (bicyclic) bond motifs is 2. The number of nitrogens with zero attached hydrogens (tertiary/aromatic N) is 1. The fourth-order valence-electron chi connectivity index (χ4n) is 3.95. The van der Waals surface area contributed by atoms with E-state index < -0.39 is 0 Å². The van der Waals surface area contributed by atoms with Crippen molar-refractivity contribution < 1.29 is 14.3 Å². The molecular weight excluding hydrogens is 292 g/mol. The van der Waals surface area contributed by atoms with E-state index in [4.69, 9.17) is 9.47 Å². The average molecular weight is 312 g/mol. The molecule has 0 radical (unpaired) electrons. The van der Waals surface area contributed by atoms with Crippen molar-refractivity contribution in [3.8, 4) is 0 Å². The van der Waals surface area contributed by atoms with Crippen molar-refractivity contribution in [1.29, 1.82) is 0 Å². The topological polar surface area (TPSA) is 60.5 Å². The summed E-state index contributed by atoms with van der Waals surface area (Å²) in [5, 5.41) is 4.17. The molecule has 1 amide bonds. The number of pyridine rings is 1. The molecule has 0 spiro atoms. The zero-order chi connectivity index (χ0) is 15.8. The lowest BCUT2D eigenvalue weighted by atomic mass is 9.67. The first kappa shape index (κ1) is 14.6. The zero-order valence-corrected chi connectivity index (χ0v) is 13.1. The first-order valence-electron chi connectivity index (χ1n) is 8.05. The van der Waals surface area contributed by atoms with Crippen LogP contribution in [0.25, 0.3) is 10.9 Å². The first-order chi connectivity index (χ1) is 11.3. The second kappa shape index (κ2) is 5.91. The van der Waals surface area contributed by atoms with Gasteiger partial charge >= 0.3 is 0 Å². The normalized spacial score (nSPS) is 29.1. The third-order valence-corrected chi connectivity index (χ3v) is 5.06. The van der Waals surface area contributed by atoms with Crippen LogP contribution in [0.5, 0.6) is 0 Å².